The molecule has 7 nitrogen and oxygen atoms in total. The summed E-state index contributed by atoms with van der Waals surface area (Å²) in [5.41, 5.74) is 1.07. The molecule has 0 aromatic heterocycles. The standard InChI is InChI=1S/C25H37N3O4/c29-23(19-31-18-20-7-2-1-3-8-20)27-12-14-28(15-13-27)24(21-9-4-5-10-21)25(30)26-17-22-11-6-16-32-22/h1-3,7-8,21-22,24H,4-6,9-19H2,(H,26,30)/t22-,24-/m0/s1. The lowest BCUT2D eigenvalue weighted by Gasteiger charge is -2.40. The number of rotatable bonds is 9. The Morgan fingerprint density at radius 2 is 1.78 bits per heavy atom. The molecule has 2 aliphatic heterocycles. The van der Waals surface area contributed by atoms with Gasteiger partial charge in [-0.05, 0) is 37.2 Å². The number of piperazine rings is 1. The van der Waals surface area contributed by atoms with E-state index in [2.05, 4.69) is 10.2 Å². The van der Waals surface area contributed by atoms with Gasteiger partial charge in [-0.15, -0.1) is 0 Å². The predicted molar refractivity (Wildman–Crippen MR) is 122 cm³/mol. The van der Waals surface area contributed by atoms with Crippen LogP contribution in [0, 0.1) is 5.92 Å². The third-order valence-electron chi connectivity index (χ3n) is 7.04. The lowest BCUT2D eigenvalue weighted by Crippen LogP contribution is -2.58. The van der Waals surface area contributed by atoms with Crippen LogP contribution in [0.1, 0.15) is 44.1 Å². The van der Waals surface area contributed by atoms with Crippen molar-refractivity contribution in [1.82, 2.24) is 15.1 Å². The summed E-state index contributed by atoms with van der Waals surface area (Å²) in [5, 5.41) is 3.17. The van der Waals surface area contributed by atoms with Gasteiger partial charge in [0.2, 0.25) is 11.8 Å². The van der Waals surface area contributed by atoms with Crippen LogP contribution < -0.4 is 5.32 Å². The molecule has 2 atom stereocenters. The lowest BCUT2D eigenvalue weighted by molar-refractivity contribution is -0.140. The summed E-state index contributed by atoms with van der Waals surface area (Å²) in [4.78, 5) is 29.9. The zero-order chi connectivity index (χ0) is 22.2. The molecule has 176 valence electrons. The number of benzene rings is 1. The third-order valence-corrected chi connectivity index (χ3v) is 7.04. The molecule has 1 aromatic rings. The summed E-state index contributed by atoms with van der Waals surface area (Å²) >= 11 is 0. The van der Waals surface area contributed by atoms with Gasteiger partial charge < -0.3 is 19.7 Å². The molecule has 32 heavy (non-hydrogen) atoms. The van der Waals surface area contributed by atoms with Gasteiger partial charge in [-0.1, -0.05) is 43.2 Å². The fourth-order valence-corrected chi connectivity index (χ4v) is 5.25. The number of ether oxygens (including phenoxy) is 2. The van der Waals surface area contributed by atoms with Gasteiger partial charge >= 0.3 is 0 Å². The van der Waals surface area contributed by atoms with E-state index in [1.165, 1.54) is 12.8 Å². The average molecular weight is 444 g/mol. The smallest absolute Gasteiger partial charge is 0.248 e. The second-order valence-corrected chi connectivity index (χ2v) is 9.26. The summed E-state index contributed by atoms with van der Waals surface area (Å²) < 4.78 is 11.3. The Labute approximate surface area is 191 Å². The molecule has 0 spiro atoms. The van der Waals surface area contributed by atoms with Crippen molar-refractivity contribution >= 4 is 11.8 Å². The Morgan fingerprint density at radius 3 is 2.47 bits per heavy atom. The Morgan fingerprint density at radius 1 is 1.03 bits per heavy atom. The molecule has 2 amide bonds. The Balaban J connectivity index is 1.24. The van der Waals surface area contributed by atoms with Crippen LogP contribution in [0.5, 0.6) is 0 Å². The molecule has 3 fully saturated rings. The summed E-state index contributed by atoms with van der Waals surface area (Å²) in [6.07, 6.45) is 6.91. The fraction of sp³-hybridized carbons (Fsp3) is 0.680. The molecule has 2 heterocycles. The molecule has 1 aromatic carbocycles. The number of hydrogen-bond acceptors (Lipinski definition) is 5. The third kappa shape index (κ3) is 6.30. The van der Waals surface area contributed by atoms with Crippen molar-refractivity contribution in [2.24, 2.45) is 5.92 Å². The van der Waals surface area contributed by atoms with Crippen LogP contribution in [0.15, 0.2) is 30.3 Å². The summed E-state index contributed by atoms with van der Waals surface area (Å²) in [7, 11) is 0. The van der Waals surface area contributed by atoms with E-state index < -0.39 is 0 Å². The molecule has 2 saturated heterocycles. The summed E-state index contributed by atoms with van der Waals surface area (Å²) in [6, 6.07) is 9.81. The van der Waals surface area contributed by atoms with Gasteiger partial charge in [0.15, 0.2) is 0 Å². The number of amides is 2. The van der Waals surface area contributed by atoms with Crippen molar-refractivity contribution in [3.63, 3.8) is 0 Å². The maximum Gasteiger partial charge on any atom is 0.248 e. The van der Waals surface area contributed by atoms with E-state index in [-0.39, 0.29) is 30.6 Å². The molecule has 3 aliphatic rings. The molecule has 0 radical (unpaired) electrons. The zero-order valence-corrected chi connectivity index (χ0v) is 19.0. The fourth-order valence-electron chi connectivity index (χ4n) is 5.25. The van der Waals surface area contributed by atoms with Crippen LogP contribution >= 0.6 is 0 Å². The van der Waals surface area contributed by atoms with E-state index >= 15 is 0 Å². The first-order valence-corrected chi connectivity index (χ1v) is 12.2. The average Bonchev–Trinajstić information content (AvgIpc) is 3.54. The van der Waals surface area contributed by atoms with Crippen LogP contribution in [0.25, 0.3) is 0 Å². The molecular weight excluding hydrogens is 406 g/mol. The van der Waals surface area contributed by atoms with E-state index in [1.54, 1.807) is 0 Å². The van der Waals surface area contributed by atoms with Crippen LogP contribution in [0.4, 0.5) is 0 Å². The molecule has 4 rings (SSSR count). The number of carbonyl (C=O) groups excluding carboxylic acids is 2. The van der Waals surface area contributed by atoms with Crippen molar-refractivity contribution in [2.45, 2.75) is 57.3 Å². The van der Waals surface area contributed by atoms with Gasteiger partial charge in [-0.25, -0.2) is 0 Å². The Hall–Kier alpha value is -1.96. The normalized spacial score (nSPS) is 23.4. The van der Waals surface area contributed by atoms with Gasteiger partial charge in [0.1, 0.15) is 6.61 Å². The highest BCUT2D eigenvalue weighted by atomic mass is 16.5. The van der Waals surface area contributed by atoms with Gasteiger partial charge in [-0.3, -0.25) is 14.5 Å². The van der Waals surface area contributed by atoms with Crippen molar-refractivity contribution < 1.29 is 19.1 Å². The first kappa shape index (κ1) is 23.2. The summed E-state index contributed by atoms with van der Waals surface area (Å²) in [5.74, 6) is 0.579. The summed E-state index contributed by atoms with van der Waals surface area (Å²) in [6.45, 7) is 4.73. The molecule has 1 aliphatic carbocycles. The SMILES string of the molecule is O=C(NC[C@@H]1CCCO1)[C@H](C1CCCC1)N1CCN(C(=O)COCc2ccccc2)CC1. The highest BCUT2D eigenvalue weighted by Gasteiger charge is 2.37. The molecule has 1 saturated carbocycles. The molecule has 7 heteroatoms. The lowest BCUT2D eigenvalue weighted by atomic mass is 9.95. The van der Waals surface area contributed by atoms with Crippen molar-refractivity contribution in [3.8, 4) is 0 Å². The quantitative estimate of drug-likeness (QED) is 0.634. The van der Waals surface area contributed by atoms with Gasteiger partial charge in [0, 0.05) is 39.3 Å². The van der Waals surface area contributed by atoms with Crippen LogP contribution in [0.2, 0.25) is 0 Å². The maximum atomic E-state index is 13.2. The topological polar surface area (TPSA) is 71.1 Å². The second kappa shape index (κ2) is 11.8. The van der Waals surface area contributed by atoms with E-state index in [0.29, 0.717) is 32.2 Å². The predicted octanol–water partition coefficient (Wildman–Crippen LogP) is 2.20. The van der Waals surface area contributed by atoms with Gasteiger partial charge in [-0.2, -0.15) is 0 Å². The van der Waals surface area contributed by atoms with E-state index in [4.69, 9.17) is 9.47 Å². The molecule has 0 bridgehead atoms. The Kier molecular flexibility index (Phi) is 8.54. The van der Waals surface area contributed by atoms with E-state index in [9.17, 15) is 9.59 Å². The van der Waals surface area contributed by atoms with Crippen molar-refractivity contribution in [1.29, 1.82) is 0 Å². The monoisotopic (exact) mass is 443 g/mol. The largest absolute Gasteiger partial charge is 0.376 e. The number of nitrogens with zero attached hydrogens (tertiary/aromatic N) is 2. The maximum absolute atomic E-state index is 13.2. The minimum Gasteiger partial charge on any atom is -0.376 e. The van der Waals surface area contributed by atoms with Crippen LogP contribution in [0.3, 0.4) is 0 Å². The van der Waals surface area contributed by atoms with Gasteiger partial charge in [0.05, 0.1) is 18.8 Å². The van der Waals surface area contributed by atoms with Crippen LogP contribution in [-0.4, -0.2) is 79.7 Å². The number of hydrogen-bond donors (Lipinski definition) is 1. The number of carbonyl (C=O) groups is 2. The van der Waals surface area contributed by atoms with Gasteiger partial charge in [0.25, 0.3) is 0 Å². The molecule has 0 unspecified atom stereocenters. The van der Waals surface area contributed by atoms with Crippen molar-refractivity contribution in [2.75, 3.05) is 45.9 Å². The second-order valence-electron chi connectivity index (χ2n) is 9.26. The zero-order valence-electron chi connectivity index (χ0n) is 19.0. The van der Waals surface area contributed by atoms with E-state index in [1.807, 2.05) is 35.2 Å². The van der Waals surface area contributed by atoms with E-state index in [0.717, 1.165) is 50.9 Å². The Bertz CT molecular complexity index is 724. The van der Waals surface area contributed by atoms with Crippen molar-refractivity contribution in [3.05, 3.63) is 35.9 Å². The molecule has 1 N–H and O–H groups in total. The first-order valence-electron chi connectivity index (χ1n) is 12.2. The highest BCUT2D eigenvalue weighted by Crippen LogP contribution is 2.31. The van der Waals surface area contributed by atoms with Crippen LogP contribution in [-0.2, 0) is 25.7 Å². The first-order chi connectivity index (χ1) is 15.7. The highest BCUT2D eigenvalue weighted by molar-refractivity contribution is 5.82. The number of nitrogens with one attached hydrogen (secondary N) is 1. The minimum atomic E-state index is -0.0921. The molecular formula is C25H37N3O4. The minimum absolute atomic E-state index is 0.0285.